The monoisotopic (exact) mass is 378 g/mol. The second kappa shape index (κ2) is 6.41. The van der Waals surface area contributed by atoms with Crippen molar-refractivity contribution in [1.29, 1.82) is 0 Å². The molecular weight excluding hydrogens is 364 g/mol. The number of benzene rings is 1. The van der Waals surface area contributed by atoms with E-state index >= 15 is 0 Å². The zero-order valence-corrected chi connectivity index (χ0v) is 14.0. The average molecular weight is 379 g/mol. The predicted octanol–water partition coefficient (Wildman–Crippen LogP) is 2.55. The highest BCUT2D eigenvalue weighted by Gasteiger charge is 2.29. The van der Waals surface area contributed by atoms with E-state index < -0.39 is 0 Å². The van der Waals surface area contributed by atoms with Crippen molar-refractivity contribution in [1.82, 2.24) is 14.8 Å². The van der Waals surface area contributed by atoms with Gasteiger partial charge >= 0.3 is 0 Å². The van der Waals surface area contributed by atoms with Crippen LogP contribution in [-0.4, -0.2) is 34.4 Å². The van der Waals surface area contributed by atoms with Crippen molar-refractivity contribution in [2.75, 3.05) is 19.0 Å². The van der Waals surface area contributed by atoms with Crippen molar-refractivity contribution in [3.05, 3.63) is 41.2 Å². The molecule has 0 aliphatic carbocycles. The van der Waals surface area contributed by atoms with E-state index in [0.29, 0.717) is 24.1 Å². The highest BCUT2D eigenvalue weighted by Crippen LogP contribution is 2.40. The molecule has 0 saturated carbocycles. The molecule has 8 heteroatoms. The first-order chi connectivity index (χ1) is 11.1. The highest BCUT2D eigenvalue weighted by atomic mass is 79.9. The van der Waals surface area contributed by atoms with Gasteiger partial charge in [-0.15, -0.1) is 0 Å². The summed E-state index contributed by atoms with van der Waals surface area (Å²) in [4.78, 5) is 15.9. The van der Waals surface area contributed by atoms with Crippen LogP contribution in [-0.2, 0) is 4.79 Å². The van der Waals surface area contributed by atoms with Crippen molar-refractivity contribution in [2.24, 2.45) is 0 Å². The van der Waals surface area contributed by atoms with E-state index in [4.69, 9.17) is 9.47 Å². The Morgan fingerprint density at radius 2 is 2.39 bits per heavy atom. The van der Waals surface area contributed by atoms with Gasteiger partial charge in [0.05, 0.1) is 24.0 Å². The Labute approximate surface area is 141 Å². The topological polar surface area (TPSA) is 78.3 Å². The number of halogens is 1. The van der Waals surface area contributed by atoms with Gasteiger partial charge in [-0.2, -0.15) is 10.1 Å². The number of carbonyl (C=O) groups excluding carboxylic acids is 1. The normalized spacial score (nSPS) is 16.4. The van der Waals surface area contributed by atoms with Crippen molar-refractivity contribution in [2.45, 2.75) is 12.5 Å². The number of amides is 1. The number of carbonyl (C=O) groups is 1. The van der Waals surface area contributed by atoms with Gasteiger partial charge in [0.25, 0.3) is 0 Å². The van der Waals surface area contributed by atoms with Crippen LogP contribution < -0.4 is 14.8 Å². The fourth-order valence-electron chi connectivity index (χ4n) is 2.48. The molecule has 3 rings (SSSR count). The van der Waals surface area contributed by atoms with Gasteiger partial charge in [0.1, 0.15) is 12.9 Å². The Hall–Kier alpha value is -2.35. The third-order valence-electron chi connectivity index (χ3n) is 3.48. The van der Waals surface area contributed by atoms with Crippen molar-refractivity contribution in [3.63, 3.8) is 0 Å². The molecule has 1 amide bonds. The number of nitrogens with zero attached hydrogens (tertiary/aromatic N) is 3. The summed E-state index contributed by atoms with van der Waals surface area (Å²) in [5.74, 6) is 1.50. The van der Waals surface area contributed by atoms with Crippen LogP contribution in [0, 0.1) is 0 Å². The molecule has 1 atom stereocenters. The van der Waals surface area contributed by atoms with Crippen molar-refractivity contribution in [3.8, 4) is 11.5 Å². The van der Waals surface area contributed by atoms with Gasteiger partial charge in [-0.1, -0.05) is 12.7 Å². The number of fused-ring (bicyclic) bond motifs is 1. The maximum Gasteiger partial charge on any atom is 0.229 e. The Balaban J connectivity index is 2.03. The third kappa shape index (κ3) is 2.94. The summed E-state index contributed by atoms with van der Waals surface area (Å²) in [5, 5.41) is 6.89. The number of ether oxygens (including phenoxy) is 2. The van der Waals surface area contributed by atoms with Crippen LogP contribution in [0.5, 0.6) is 11.5 Å². The van der Waals surface area contributed by atoms with Gasteiger partial charge in [-0.3, -0.25) is 10.1 Å². The molecule has 23 heavy (non-hydrogen) atoms. The minimum absolute atomic E-state index is 0.0995. The fraction of sp³-hybridized carbons (Fsp3) is 0.267. The van der Waals surface area contributed by atoms with Crippen molar-refractivity contribution >= 4 is 27.8 Å². The molecule has 1 aromatic carbocycles. The van der Waals surface area contributed by atoms with E-state index in [1.807, 2.05) is 12.1 Å². The highest BCUT2D eigenvalue weighted by molar-refractivity contribution is 9.10. The van der Waals surface area contributed by atoms with E-state index in [-0.39, 0.29) is 18.4 Å². The molecular formula is C15H15BrN4O3. The molecule has 1 aliphatic rings. The standard InChI is InChI=1S/C15H15BrN4O3/c1-3-4-23-14-10(16)5-9(6-12(14)22-2)11-7-13(21)19-15-17-8-18-20(11)15/h3,5-6,8,11H,1,4,7H2,2H3,(H,17,18,19,21)/t11-/m1/s1. The fourth-order valence-corrected chi connectivity index (χ4v) is 3.05. The Morgan fingerprint density at radius 1 is 1.57 bits per heavy atom. The minimum atomic E-state index is -0.250. The predicted molar refractivity (Wildman–Crippen MR) is 87.8 cm³/mol. The van der Waals surface area contributed by atoms with Crippen molar-refractivity contribution < 1.29 is 14.3 Å². The van der Waals surface area contributed by atoms with Crippen LogP contribution in [0.1, 0.15) is 18.0 Å². The molecule has 0 saturated heterocycles. The summed E-state index contributed by atoms with van der Waals surface area (Å²) in [6, 6.07) is 3.49. The SMILES string of the molecule is C=CCOc1c(Br)cc([C@H]2CC(=O)Nc3ncnn32)cc1OC. The number of anilines is 1. The van der Waals surface area contributed by atoms with Crippen LogP contribution in [0.3, 0.4) is 0 Å². The van der Waals surface area contributed by atoms with Crippen LogP contribution in [0.25, 0.3) is 0 Å². The lowest BCUT2D eigenvalue weighted by molar-refractivity contribution is -0.117. The lowest BCUT2D eigenvalue weighted by Gasteiger charge is -2.24. The molecule has 0 unspecified atom stereocenters. The number of methoxy groups -OCH3 is 1. The first-order valence-electron chi connectivity index (χ1n) is 6.94. The third-order valence-corrected chi connectivity index (χ3v) is 4.07. The maximum atomic E-state index is 11.9. The van der Waals surface area contributed by atoms with Crippen LogP contribution in [0.15, 0.2) is 35.6 Å². The molecule has 1 aromatic heterocycles. The molecule has 2 heterocycles. The number of hydrogen-bond acceptors (Lipinski definition) is 5. The summed E-state index contributed by atoms with van der Waals surface area (Å²) < 4.78 is 13.5. The number of hydrogen-bond donors (Lipinski definition) is 1. The van der Waals surface area contributed by atoms with E-state index in [9.17, 15) is 4.79 Å². The minimum Gasteiger partial charge on any atom is -0.493 e. The zero-order valence-electron chi connectivity index (χ0n) is 12.5. The Morgan fingerprint density at radius 3 is 3.13 bits per heavy atom. The smallest absolute Gasteiger partial charge is 0.229 e. The quantitative estimate of drug-likeness (QED) is 0.808. The summed E-state index contributed by atoms with van der Waals surface area (Å²) in [6.07, 6.45) is 3.35. The Bertz CT molecular complexity index is 759. The zero-order chi connectivity index (χ0) is 16.4. The van der Waals surface area contributed by atoms with E-state index in [0.717, 1.165) is 10.0 Å². The molecule has 0 spiro atoms. The molecule has 2 aromatic rings. The van der Waals surface area contributed by atoms with Gasteiger partial charge in [-0.05, 0) is 33.6 Å². The number of nitrogens with one attached hydrogen (secondary N) is 1. The molecule has 0 radical (unpaired) electrons. The van der Waals surface area contributed by atoms with Gasteiger partial charge in [0.15, 0.2) is 11.5 Å². The lowest BCUT2D eigenvalue weighted by atomic mass is 10.0. The summed E-state index contributed by atoms with van der Waals surface area (Å²) in [6.45, 7) is 4.00. The van der Waals surface area contributed by atoms with Gasteiger partial charge in [-0.25, -0.2) is 4.68 Å². The van der Waals surface area contributed by atoms with E-state index in [2.05, 4.69) is 37.9 Å². The summed E-state index contributed by atoms with van der Waals surface area (Å²) in [5.41, 5.74) is 0.876. The number of aromatic nitrogens is 3. The number of rotatable bonds is 5. The Kier molecular flexibility index (Phi) is 4.33. The molecule has 120 valence electrons. The summed E-state index contributed by atoms with van der Waals surface area (Å²) >= 11 is 3.50. The van der Waals surface area contributed by atoms with Crippen LogP contribution >= 0.6 is 15.9 Å². The average Bonchev–Trinajstić information content (AvgIpc) is 3.00. The van der Waals surface area contributed by atoms with Crippen LogP contribution in [0.2, 0.25) is 0 Å². The second-order valence-corrected chi connectivity index (χ2v) is 5.78. The van der Waals surface area contributed by atoms with Gasteiger partial charge in [0, 0.05) is 0 Å². The first kappa shape index (κ1) is 15.5. The molecule has 1 aliphatic heterocycles. The first-order valence-corrected chi connectivity index (χ1v) is 7.73. The molecule has 0 fully saturated rings. The molecule has 7 nitrogen and oxygen atoms in total. The van der Waals surface area contributed by atoms with Gasteiger partial charge < -0.3 is 9.47 Å². The van der Waals surface area contributed by atoms with E-state index in [1.54, 1.807) is 17.9 Å². The molecule has 0 bridgehead atoms. The largest absolute Gasteiger partial charge is 0.493 e. The van der Waals surface area contributed by atoms with Crippen LogP contribution in [0.4, 0.5) is 5.95 Å². The van der Waals surface area contributed by atoms with E-state index in [1.165, 1.54) is 6.33 Å². The molecule has 1 N–H and O–H groups in total. The maximum absolute atomic E-state index is 11.9. The lowest BCUT2D eigenvalue weighted by Crippen LogP contribution is -2.29. The van der Waals surface area contributed by atoms with Gasteiger partial charge in [0.2, 0.25) is 11.9 Å². The second-order valence-electron chi connectivity index (χ2n) is 4.93. The summed E-state index contributed by atoms with van der Waals surface area (Å²) in [7, 11) is 1.57.